The minimum absolute atomic E-state index is 0.956. The molecule has 2 heterocycles. The molecule has 0 bridgehead atoms. The highest BCUT2D eigenvalue weighted by Gasteiger charge is 2.00. The van der Waals surface area contributed by atoms with Gasteiger partial charge in [0.25, 0.3) is 0 Å². The van der Waals surface area contributed by atoms with Gasteiger partial charge in [0.1, 0.15) is 5.82 Å². The zero-order chi connectivity index (χ0) is 22.7. The number of aromatic amines is 1. The van der Waals surface area contributed by atoms with Gasteiger partial charge in [0.15, 0.2) is 0 Å². The van der Waals surface area contributed by atoms with E-state index in [1.54, 1.807) is 0 Å². The predicted octanol–water partition coefficient (Wildman–Crippen LogP) is 8.35. The molecule has 2 N–H and O–H groups in total. The number of aromatic nitrogens is 2. The molecule has 3 nitrogen and oxygen atoms in total. The van der Waals surface area contributed by atoms with Crippen molar-refractivity contribution in [2.75, 3.05) is 0 Å². The lowest BCUT2D eigenvalue weighted by Crippen LogP contribution is -2.07. The molecule has 31 heavy (non-hydrogen) atoms. The Kier molecular flexibility index (Phi) is 14.7. The van der Waals surface area contributed by atoms with Gasteiger partial charge in [0.2, 0.25) is 0 Å². The van der Waals surface area contributed by atoms with Crippen molar-refractivity contribution in [3.05, 3.63) is 77.9 Å². The highest BCUT2D eigenvalue weighted by molar-refractivity contribution is 5.54. The number of rotatable bonds is 8. The van der Waals surface area contributed by atoms with E-state index in [1.165, 1.54) is 61.9 Å². The van der Waals surface area contributed by atoms with Crippen molar-refractivity contribution in [2.45, 2.75) is 86.0 Å². The maximum absolute atomic E-state index is 4.30. The Labute approximate surface area is 190 Å². The lowest BCUT2D eigenvalue weighted by atomic mass is 10.1. The highest BCUT2D eigenvalue weighted by atomic mass is 14.9. The van der Waals surface area contributed by atoms with E-state index in [2.05, 4.69) is 74.2 Å². The molecule has 1 aromatic heterocycles. The van der Waals surface area contributed by atoms with Crippen molar-refractivity contribution in [1.29, 1.82) is 0 Å². The third kappa shape index (κ3) is 11.4. The fourth-order valence-corrected chi connectivity index (χ4v) is 2.89. The maximum atomic E-state index is 4.30. The van der Waals surface area contributed by atoms with Gasteiger partial charge in [-0.3, -0.25) is 0 Å². The molecule has 0 spiro atoms. The third-order valence-corrected chi connectivity index (χ3v) is 5.13. The van der Waals surface area contributed by atoms with Crippen LogP contribution >= 0.6 is 0 Å². The standard InChI is InChI=1S/C13H21N.C11H12N2.C4H10/c1-3-4-5-6-9-12(2)13-10-7-8-11-14-13;1-2-10-8-12-11(13-10)9-6-4-3-5-7-9;1-3-4-2/h7-8,10-11,14H,3-6,9H2,1-2H3;3-8H,2H2,1H3,(H,12,13);3-4H2,1-2H3/b13-12+;;. The largest absolute Gasteiger partial charge is 0.362 e. The van der Waals surface area contributed by atoms with E-state index < -0.39 is 0 Å². The third-order valence-electron chi connectivity index (χ3n) is 5.13. The van der Waals surface area contributed by atoms with Crippen molar-refractivity contribution in [3.8, 4) is 11.4 Å². The first-order valence-corrected chi connectivity index (χ1v) is 12.0. The number of nitrogens with one attached hydrogen (secondary N) is 2. The summed E-state index contributed by atoms with van der Waals surface area (Å²) in [5.41, 5.74) is 5.08. The summed E-state index contributed by atoms with van der Waals surface area (Å²) in [6, 6.07) is 10.1. The molecule has 3 rings (SSSR count). The summed E-state index contributed by atoms with van der Waals surface area (Å²) in [5.74, 6) is 0.956. The fraction of sp³-hybridized carbons (Fsp3) is 0.464. The van der Waals surface area contributed by atoms with Crippen LogP contribution in [-0.2, 0) is 6.42 Å². The quantitative estimate of drug-likeness (QED) is 0.420. The summed E-state index contributed by atoms with van der Waals surface area (Å²) >= 11 is 0. The van der Waals surface area contributed by atoms with Gasteiger partial charge in [0, 0.05) is 29.4 Å². The lowest BCUT2D eigenvalue weighted by molar-refractivity contribution is 0.661. The molecule has 2 aromatic rings. The number of benzene rings is 1. The van der Waals surface area contributed by atoms with E-state index in [-0.39, 0.29) is 0 Å². The van der Waals surface area contributed by atoms with Crippen LogP contribution in [0, 0.1) is 0 Å². The van der Waals surface area contributed by atoms with E-state index in [1.807, 2.05) is 36.7 Å². The molecule has 0 saturated carbocycles. The smallest absolute Gasteiger partial charge is 0.137 e. The number of allylic oxidation sites excluding steroid dienone is 4. The minimum Gasteiger partial charge on any atom is -0.362 e. The molecule has 170 valence electrons. The molecule has 1 aromatic carbocycles. The number of dihydropyridines is 1. The Morgan fingerprint density at radius 2 is 1.61 bits per heavy atom. The SMILES string of the molecule is CCCC.CCCCCC/C(C)=C1\C=CC=CN1.CCc1cnc(-c2ccccc2)[nH]1. The van der Waals surface area contributed by atoms with Crippen molar-refractivity contribution < 1.29 is 0 Å². The van der Waals surface area contributed by atoms with E-state index in [4.69, 9.17) is 0 Å². The number of hydrogen-bond acceptors (Lipinski definition) is 2. The first kappa shape index (κ1) is 26.5. The predicted molar refractivity (Wildman–Crippen MR) is 137 cm³/mol. The first-order chi connectivity index (χ1) is 15.2. The van der Waals surface area contributed by atoms with Crippen LogP contribution in [0.15, 0.2) is 72.2 Å². The molecule has 0 atom stereocenters. The molecular weight excluding hydrogens is 378 g/mol. The molecule has 1 aliphatic heterocycles. The van der Waals surface area contributed by atoms with Gasteiger partial charge in [-0.05, 0) is 43.9 Å². The summed E-state index contributed by atoms with van der Waals surface area (Å²) in [7, 11) is 0. The Morgan fingerprint density at radius 1 is 0.871 bits per heavy atom. The summed E-state index contributed by atoms with van der Waals surface area (Å²) in [6.07, 6.45) is 20.4. The van der Waals surface area contributed by atoms with Crippen LogP contribution in [0.1, 0.15) is 85.3 Å². The van der Waals surface area contributed by atoms with Crippen LogP contribution < -0.4 is 5.32 Å². The van der Waals surface area contributed by atoms with Crippen LogP contribution in [0.5, 0.6) is 0 Å². The molecule has 0 saturated heterocycles. The van der Waals surface area contributed by atoms with Crippen LogP contribution in [0.2, 0.25) is 0 Å². The number of nitrogens with zero attached hydrogens (tertiary/aromatic N) is 1. The Morgan fingerprint density at radius 3 is 2.16 bits per heavy atom. The van der Waals surface area contributed by atoms with Gasteiger partial charge in [-0.2, -0.15) is 0 Å². The molecular formula is C28H43N3. The van der Waals surface area contributed by atoms with Crippen molar-refractivity contribution in [2.24, 2.45) is 0 Å². The molecule has 0 radical (unpaired) electrons. The lowest BCUT2D eigenvalue weighted by Gasteiger charge is -2.10. The Hall–Kier alpha value is -2.55. The molecule has 0 unspecified atom stereocenters. The minimum atomic E-state index is 0.956. The van der Waals surface area contributed by atoms with E-state index in [0.717, 1.165) is 17.8 Å². The topological polar surface area (TPSA) is 40.7 Å². The maximum Gasteiger partial charge on any atom is 0.137 e. The summed E-state index contributed by atoms with van der Waals surface area (Å²) < 4.78 is 0. The summed E-state index contributed by atoms with van der Waals surface area (Å²) in [5, 5.41) is 3.27. The van der Waals surface area contributed by atoms with Crippen molar-refractivity contribution in [3.63, 3.8) is 0 Å². The van der Waals surface area contributed by atoms with Crippen molar-refractivity contribution in [1.82, 2.24) is 15.3 Å². The van der Waals surface area contributed by atoms with Crippen molar-refractivity contribution >= 4 is 0 Å². The highest BCUT2D eigenvalue weighted by Crippen LogP contribution is 2.15. The second kappa shape index (κ2) is 17.2. The van der Waals surface area contributed by atoms with Gasteiger partial charge < -0.3 is 10.3 Å². The number of imidazole rings is 1. The molecule has 1 aliphatic rings. The zero-order valence-electron chi connectivity index (χ0n) is 20.4. The van der Waals surface area contributed by atoms with E-state index in [0.29, 0.717) is 0 Å². The summed E-state index contributed by atoms with van der Waals surface area (Å²) in [6.45, 7) is 10.9. The van der Waals surface area contributed by atoms with Crippen LogP contribution in [0.4, 0.5) is 0 Å². The average Bonchev–Trinajstić information content (AvgIpc) is 3.33. The van der Waals surface area contributed by atoms with Crippen LogP contribution in [-0.4, -0.2) is 9.97 Å². The molecule has 0 aliphatic carbocycles. The van der Waals surface area contributed by atoms with Crippen LogP contribution in [0.25, 0.3) is 11.4 Å². The van der Waals surface area contributed by atoms with Gasteiger partial charge in [-0.15, -0.1) is 0 Å². The zero-order valence-corrected chi connectivity index (χ0v) is 20.4. The Bertz CT molecular complexity index is 780. The molecule has 0 amide bonds. The Balaban J connectivity index is 0.000000265. The number of H-pyrrole nitrogens is 1. The second-order valence-electron chi connectivity index (χ2n) is 7.84. The monoisotopic (exact) mass is 421 g/mol. The number of unbranched alkanes of at least 4 members (excludes halogenated alkanes) is 4. The van der Waals surface area contributed by atoms with E-state index >= 15 is 0 Å². The number of hydrogen-bond donors (Lipinski definition) is 2. The summed E-state index contributed by atoms with van der Waals surface area (Å²) in [4.78, 5) is 7.57. The van der Waals surface area contributed by atoms with Gasteiger partial charge >= 0.3 is 0 Å². The fourth-order valence-electron chi connectivity index (χ4n) is 2.89. The molecule has 0 fully saturated rings. The molecule has 3 heteroatoms. The van der Waals surface area contributed by atoms with Gasteiger partial charge in [-0.1, -0.05) is 96.2 Å². The average molecular weight is 422 g/mol. The van der Waals surface area contributed by atoms with E-state index in [9.17, 15) is 0 Å². The normalized spacial score (nSPS) is 13.5. The second-order valence-corrected chi connectivity index (χ2v) is 7.84. The van der Waals surface area contributed by atoms with Gasteiger partial charge in [-0.25, -0.2) is 4.98 Å². The number of aryl methyl sites for hydroxylation is 1. The van der Waals surface area contributed by atoms with Crippen LogP contribution in [0.3, 0.4) is 0 Å². The first-order valence-electron chi connectivity index (χ1n) is 12.0. The van der Waals surface area contributed by atoms with Gasteiger partial charge in [0.05, 0.1) is 0 Å².